The lowest BCUT2D eigenvalue weighted by atomic mass is 10.0. The van der Waals surface area contributed by atoms with Crippen molar-refractivity contribution in [1.29, 1.82) is 0 Å². The quantitative estimate of drug-likeness (QED) is 0.410. The third kappa shape index (κ3) is 5.68. The molecule has 0 unspecified atom stereocenters. The number of hydrogen-bond donors (Lipinski definition) is 0. The van der Waals surface area contributed by atoms with E-state index in [1.165, 1.54) is 59.2 Å². The van der Waals surface area contributed by atoms with E-state index in [2.05, 4.69) is 76.2 Å². The second-order valence-electron chi connectivity index (χ2n) is 6.32. The summed E-state index contributed by atoms with van der Waals surface area (Å²) in [6.45, 7) is 9.31. The SMILES string of the molecule is CCP(CC)Cc1ccc(-c2ccc(CP(CC)CC)cc2)cc1. The average molecular weight is 358 g/mol. The molecule has 0 saturated heterocycles. The molecule has 0 aromatic heterocycles. The van der Waals surface area contributed by atoms with Crippen LogP contribution in [-0.2, 0) is 12.3 Å². The number of hydrogen-bond acceptors (Lipinski definition) is 0. The van der Waals surface area contributed by atoms with Gasteiger partial charge in [-0.05, 0) is 59.2 Å². The summed E-state index contributed by atoms with van der Waals surface area (Å²) in [4.78, 5) is 0. The molecule has 0 radical (unpaired) electrons. The topological polar surface area (TPSA) is 0 Å². The maximum absolute atomic E-state index is 2.33. The zero-order chi connectivity index (χ0) is 17.4. The molecule has 2 heteroatoms. The molecule has 0 aliphatic heterocycles. The molecule has 0 N–H and O–H groups in total. The fraction of sp³-hybridized carbons (Fsp3) is 0.455. The molecule has 0 spiro atoms. The van der Waals surface area contributed by atoms with Crippen molar-refractivity contribution in [2.75, 3.05) is 24.6 Å². The Morgan fingerprint density at radius 3 is 1.04 bits per heavy atom. The maximum Gasteiger partial charge on any atom is -0.00733 e. The van der Waals surface area contributed by atoms with Crippen molar-refractivity contribution >= 4 is 15.8 Å². The lowest BCUT2D eigenvalue weighted by molar-refractivity contribution is 1.30. The minimum absolute atomic E-state index is 0.189. The Labute approximate surface area is 151 Å². The van der Waals surface area contributed by atoms with E-state index in [0.29, 0.717) is 0 Å². The molecule has 0 aliphatic carbocycles. The zero-order valence-electron chi connectivity index (χ0n) is 15.8. The highest BCUT2D eigenvalue weighted by atomic mass is 31.1. The number of benzene rings is 2. The summed E-state index contributed by atoms with van der Waals surface area (Å²) in [6.07, 6.45) is 7.92. The summed E-state index contributed by atoms with van der Waals surface area (Å²) >= 11 is 0. The molecule has 24 heavy (non-hydrogen) atoms. The van der Waals surface area contributed by atoms with Gasteiger partial charge in [0.2, 0.25) is 0 Å². The lowest BCUT2D eigenvalue weighted by Crippen LogP contribution is -1.90. The maximum atomic E-state index is 2.33. The van der Waals surface area contributed by atoms with E-state index in [0.717, 1.165) is 0 Å². The van der Waals surface area contributed by atoms with E-state index in [4.69, 9.17) is 0 Å². The van der Waals surface area contributed by atoms with Crippen LogP contribution in [0.25, 0.3) is 11.1 Å². The van der Waals surface area contributed by atoms with Crippen LogP contribution in [0.1, 0.15) is 38.8 Å². The van der Waals surface area contributed by atoms with Gasteiger partial charge in [-0.1, -0.05) is 76.2 Å². The van der Waals surface area contributed by atoms with E-state index in [-0.39, 0.29) is 15.8 Å². The van der Waals surface area contributed by atoms with Crippen LogP contribution in [0, 0.1) is 0 Å². The van der Waals surface area contributed by atoms with Crippen LogP contribution in [0.5, 0.6) is 0 Å². The van der Waals surface area contributed by atoms with Gasteiger partial charge in [-0.25, -0.2) is 0 Å². The van der Waals surface area contributed by atoms with Gasteiger partial charge in [0, 0.05) is 0 Å². The first-order valence-electron chi connectivity index (χ1n) is 9.33. The van der Waals surface area contributed by atoms with Crippen LogP contribution in [-0.4, -0.2) is 24.6 Å². The Hall–Kier alpha value is -0.700. The van der Waals surface area contributed by atoms with Gasteiger partial charge in [0.1, 0.15) is 0 Å². The Bertz CT molecular complexity index is 523. The van der Waals surface area contributed by atoms with Crippen molar-refractivity contribution in [1.82, 2.24) is 0 Å². The Balaban J connectivity index is 2.03. The third-order valence-corrected chi connectivity index (χ3v) is 10.0. The van der Waals surface area contributed by atoms with Gasteiger partial charge in [0.05, 0.1) is 0 Å². The molecule has 0 bridgehead atoms. The molecule has 0 heterocycles. The van der Waals surface area contributed by atoms with E-state index >= 15 is 0 Å². The Morgan fingerprint density at radius 1 is 0.500 bits per heavy atom. The summed E-state index contributed by atoms with van der Waals surface area (Å²) in [5.74, 6) is 0. The molecular weight excluding hydrogens is 326 g/mol. The number of rotatable bonds is 9. The summed E-state index contributed by atoms with van der Waals surface area (Å²) in [6, 6.07) is 18.5. The summed E-state index contributed by atoms with van der Waals surface area (Å²) in [5, 5.41) is 0. The third-order valence-electron chi connectivity index (χ3n) is 4.84. The normalized spacial score (nSPS) is 11.4. The van der Waals surface area contributed by atoms with Gasteiger partial charge in [0.15, 0.2) is 0 Å². The molecule has 0 fully saturated rings. The summed E-state index contributed by atoms with van der Waals surface area (Å²) < 4.78 is 0. The monoisotopic (exact) mass is 358 g/mol. The summed E-state index contributed by atoms with van der Waals surface area (Å²) in [5.41, 5.74) is 5.69. The molecule has 0 saturated carbocycles. The standard InChI is InChI=1S/C22H32P2/c1-5-23(6-2)17-19-9-13-21(14-10-19)22-15-11-20(12-16-22)18-24(7-3)8-4/h9-16H,5-8,17-18H2,1-4H3. The Kier molecular flexibility index (Phi) is 8.44. The van der Waals surface area contributed by atoms with E-state index < -0.39 is 0 Å². The van der Waals surface area contributed by atoms with Crippen LogP contribution in [0.3, 0.4) is 0 Å². The first kappa shape index (κ1) is 19.6. The lowest BCUT2D eigenvalue weighted by Gasteiger charge is -2.14. The minimum Gasteiger partial charge on any atom is -0.103 e. The molecule has 2 aromatic rings. The van der Waals surface area contributed by atoms with Gasteiger partial charge >= 0.3 is 0 Å². The smallest absolute Gasteiger partial charge is 0.00733 e. The average Bonchev–Trinajstić information content (AvgIpc) is 2.65. The van der Waals surface area contributed by atoms with Gasteiger partial charge < -0.3 is 0 Å². The second-order valence-corrected chi connectivity index (χ2v) is 12.2. The molecular formula is C22H32P2. The van der Waals surface area contributed by atoms with E-state index in [1.807, 2.05) is 0 Å². The van der Waals surface area contributed by atoms with Gasteiger partial charge in [-0.2, -0.15) is 0 Å². The van der Waals surface area contributed by atoms with Crippen molar-refractivity contribution in [2.45, 2.75) is 40.0 Å². The molecule has 130 valence electrons. The highest BCUT2D eigenvalue weighted by Gasteiger charge is 2.06. The summed E-state index contributed by atoms with van der Waals surface area (Å²) in [7, 11) is 0.378. The first-order chi connectivity index (χ1) is 11.7. The van der Waals surface area contributed by atoms with Crippen LogP contribution < -0.4 is 0 Å². The highest BCUT2D eigenvalue weighted by Crippen LogP contribution is 2.39. The molecule has 0 nitrogen and oxygen atoms in total. The van der Waals surface area contributed by atoms with Crippen LogP contribution in [0.15, 0.2) is 48.5 Å². The zero-order valence-corrected chi connectivity index (χ0v) is 17.5. The molecule has 0 aliphatic rings. The van der Waals surface area contributed by atoms with Crippen molar-refractivity contribution in [2.24, 2.45) is 0 Å². The van der Waals surface area contributed by atoms with Gasteiger partial charge in [-0.3, -0.25) is 0 Å². The first-order valence-corrected chi connectivity index (χ1v) is 13.1. The van der Waals surface area contributed by atoms with Crippen molar-refractivity contribution in [3.05, 3.63) is 59.7 Å². The highest BCUT2D eigenvalue weighted by molar-refractivity contribution is 7.57. The molecule has 2 rings (SSSR count). The van der Waals surface area contributed by atoms with Gasteiger partial charge in [-0.15, -0.1) is 15.8 Å². The fourth-order valence-corrected chi connectivity index (χ4v) is 6.26. The fourth-order valence-electron chi connectivity index (χ4n) is 3.02. The van der Waals surface area contributed by atoms with Gasteiger partial charge in [0.25, 0.3) is 0 Å². The molecule has 0 atom stereocenters. The van der Waals surface area contributed by atoms with Crippen molar-refractivity contribution in [3.8, 4) is 11.1 Å². The van der Waals surface area contributed by atoms with E-state index in [1.54, 1.807) is 0 Å². The van der Waals surface area contributed by atoms with Crippen LogP contribution >= 0.6 is 15.8 Å². The van der Waals surface area contributed by atoms with Crippen LogP contribution in [0.4, 0.5) is 0 Å². The molecule has 2 aromatic carbocycles. The Morgan fingerprint density at radius 2 is 0.792 bits per heavy atom. The van der Waals surface area contributed by atoms with Crippen LogP contribution in [0.2, 0.25) is 0 Å². The predicted molar refractivity (Wildman–Crippen MR) is 115 cm³/mol. The largest absolute Gasteiger partial charge is 0.103 e. The second kappa shape index (κ2) is 10.3. The predicted octanol–water partition coefficient (Wildman–Crippen LogP) is 7.40. The van der Waals surface area contributed by atoms with Crippen molar-refractivity contribution < 1.29 is 0 Å². The minimum atomic E-state index is 0.189. The molecule has 0 amide bonds. The van der Waals surface area contributed by atoms with Crippen molar-refractivity contribution in [3.63, 3.8) is 0 Å². The van der Waals surface area contributed by atoms with E-state index in [9.17, 15) is 0 Å².